The van der Waals surface area contributed by atoms with E-state index in [1.54, 1.807) is 24.3 Å². The SMILES string of the molecule is CCCCCCCC(F)(F)CCCCCC/C=C/[C@H](C(=O)N[C@@H](Cc1ccc(OCCCC)cc1)C(=O)OC)[C@@](O)(CC(F)F)C(=O)OC(C)(C)C. The van der Waals surface area contributed by atoms with E-state index in [1.807, 2.05) is 6.92 Å². The highest BCUT2D eigenvalue weighted by Gasteiger charge is 2.51. The molecule has 0 unspecified atom stereocenters. The quantitative estimate of drug-likeness (QED) is 0.0400. The number of methoxy groups -OCH3 is 1. The highest BCUT2D eigenvalue weighted by molar-refractivity contribution is 5.93. The number of nitrogens with one attached hydrogen (secondary N) is 1. The van der Waals surface area contributed by atoms with Crippen molar-refractivity contribution in [3.8, 4) is 5.75 Å². The Morgan fingerprint density at radius 1 is 0.865 bits per heavy atom. The van der Waals surface area contributed by atoms with E-state index in [4.69, 9.17) is 14.2 Å². The number of alkyl halides is 4. The van der Waals surface area contributed by atoms with Gasteiger partial charge in [-0.15, -0.1) is 0 Å². The normalized spacial score (nSPS) is 14.5. The maximum atomic E-state index is 14.3. The lowest BCUT2D eigenvalue weighted by Crippen LogP contribution is -2.56. The van der Waals surface area contributed by atoms with Gasteiger partial charge in [-0.3, -0.25) is 4.79 Å². The Morgan fingerprint density at radius 3 is 1.98 bits per heavy atom. The van der Waals surface area contributed by atoms with Crippen LogP contribution in [0.1, 0.15) is 136 Å². The summed E-state index contributed by atoms with van der Waals surface area (Å²) in [7, 11) is 1.13. The smallest absolute Gasteiger partial charge is 0.340 e. The molecule has 0 saturated carbocycles. The van der Waals surface area contributed by atoms with Crippen LogP contribution in [-0.4, -0.2) is 66.3 Å². The number of benzene rings is 1. The van der Waals surface area contributed by atoms with Crippen molar-refractivity contribution in [3.63, 3.8) is 0 Å². The second-order valence-electron chi connectivity index (χ2n) is 14.5. The monoisotopic (exact) mass is 745 g/mol. The van der Waals surface area contributed by atoms with Crippen molar-refractivity contribution in [1.82, 2.24) is 5.32 Å². The summed E-state index contributed by atoms with van der Waals surface area (Å²) in [5.41, 5.74) is -3.53. The fourth-order valence-electron chi connectivity index (χ4n) is 5.64. The molecule has 1 amide bonds. The molecule has 0 bridgehead atoms. The van der Waals surface area contributed by atoms with Gasteiger partial charge < -0.3 is 24.6 Å². The molecule has 0 heterocycles. The molecule has 3 atom stereocenters. The summed E-state index contributed by atoms with van der Waals surface area (Å²) in [5, 5.41) is 14.0. The maximum Gasteiger partial charge on any atom is 0.340 e. The molecule has 0 radical (unpaired) electrons. The minimum atomic E-state index is -3.19. The van der Waals surface area contributed by atoms with Gasteiger partial charge in [-0.05, 0) is 70.6 Å². The Bertz CT molecular complexity index is 1200. The van der Waals surface area contributed by atoms with Gasteiger partial charge in [0.15, 0.2) is 5.60 Å². The average molecular weight is 746 g/mol. The van der Waals surface area contributed by atoms with Crippen molar-refractivity contribution >= 4 is 17.8 Å². The van der Waals surface area contributed by atoms with Crippen LogP contribution in [-0.2, 0) is 30.3 Å². The number of carbonyl (C=O) groups is 3. The second kappa shape index (κ2) is 24.2. The molecular formula is C40H63F4NO7. The minimum absolute atomic E-state index is 0.0400. The maximum absolute atomic E-state index is 14.3. The molecule has 298 valence electrons. The Balaban J connectivity index is 3.10. The van der Waals surface area contributed by atoms with Crippen LogP contribution in [0.5, 0.6) is 5.75 Å². The van der Waals surface area contributed by atoms with Crippen molar-refractivity contribution < 1.29 is 51.3 Å². The first-order chi connectivity index (χ1) is 24.5. The molecule has 0 spiro atoms. The van der Waals surface area contributed by atoms with Crippen LogP contribution in [0.4, 0.5) is 17.6 Å². The molecule has 0 saturated heterocycles. The van der Waals surface area contributed by atoms with Crippen molar-refractivity contribution in [2.45, 2.75) is 167 Å². The van der Waals surface area contributed by atoms with E-state index in [-0.39, 0.29) is 19.3 Å². The Labute approximate surface area is 308 Å². The number of carbonyl (C=O) groups excluding carboxylic acids is 3. The summed E-state index contributed by atoms with van der Waals surface area (Å²) in [6.45, 7) is 9.15. The van der Waals surface area contributed by atoms with Gasteiger partial charge in [0.1, 0.15) is 17.4 Å². The number of ether oxygens (including phenoxy) is 3. The van der Waals surface area contributed by atoms with E-state index in [0.29, 0.717) is 56.4 Å². The van der Waals surface area contributed by atoms with E-state index in [2.05, 4.69) is 12.2 Å². The number of aliphatic hydroxyl groups is 1. The molecule has 0 aliphatic heterocycles. The van der Waals surface area contributed by atoms with Crippen LogP contribution in [0.3, 0.4) is 0 Å². The van der Waals surface area contributed by atoms with Gasteiger partial charge in [0, 0.05) is 25.7 Å². The van der Waals surface area contributed by atoms with E-state index >= 15 is 0 Å². The van der Waals surface area contributed by atoms with Gasteiger partial charge in [0.2, 0.25) is 18.3 Å². The van der Waals surface area contributed by atoms with Gasteiger partial charge in [0.25, 0.3) is 0 Å². The topological polar surface area (TPSA) is 111 Å². The number of hydrogen-bond donors (Lipinski definition) is 2. The van der Waals surface area contributed by atoms with Gasteiger partial charge in [-0.2, -0.15) is 0 Å². The van der Waals surface area contributed by atoms with E-state index in [1.165, 1.54) is 32.9 Å². The predicted octanol–water partition coefficient (Wildman–Crippen LogP) is 9.30. The third kappa shape index (κ3) is 19.1. The van der Waals surface area contributed by atoms with Crippen LogP contribution in [0.2, 0.25) is 0 Å². The zero-order valence-corrected chi connectivity index (χ0v) is 32.1. The van der Waals surface area contributed by atoms with Gasteiger partial charge >= 0.3 is 11.9 Å². The van der Waals surface area contributed by atoms with Crippen molar-refractivity contribution in [1.29, 1.82) is 0 Å². The lowest BCUT2D eigenvalue weighted by Gasteiger charge is -2.34. The third-order valence-corrected chi connectivity index (χ3v) is 8.58. The zero-order valence-electron chi connectivity index (χ0n) is 32.1. The lowest BCUT2D eigenvalue weighted by molar-refractivity contribution is -0.188. The zero-order chi connectivity index (χ0) is 39.2. The van der Waals surface area contributed by atoms with Gasteiger partial charge in [-0.1, -0.05) is 83.1 Å². The number of esters is 2. The van der Waals surface area contributed by atoms with Gasteiger partial charge in [-0.25, -0.2) is 27.2 Å². The summed E-state index contributed by atoms with van der Waals surface area (Å²) >= 11 is 0. The first-order valence-corrected chi connectivity index (χ1v) is 18.9. The van der Waals surface area contributed by atoms with Crippen molar-refractivity contribution in [2.75, 3.05) is 13.7 Å². The number of unbranched alkanes of at least 4 members (excludes halogenated alkanes) is 9. The second-order valence-corrected chi connectivity index (χ2v) is 14.5. The molecule has 1 aromatic carbocycles. The molecule has 12 heteroatoms. The predicted molar refractivity (Wildman–Crippen MR) is 195 cm³/mol. The Morgan fingerprint density at radius 2 is 1.44 bits per heavy atom. The number of hydrogen-bond acceptors (Lipinski definition) is 7. The fourth-order valence-corrected chi connectivity index (χ4v) is 5.64. The lowest BCUT2D eigenvalue weighted by atomic mass is 9.82. The summed E-state index contributed by atoms with van der Waals surface area (Å²) in [4.78, 5) is 39.9. The first kappa shape index (κ1) is 46.9. The summed E-state index contributed by atoms with van der Waals surface area (Å²) < 4.78 is 72.2. The van der Waals surface area contributed by atoms with Crippen LogP contribution < -0.4 is 10.1 Å². The van der Waals surface area contributed by atoms with Crippen LogP contribution in [0, 0.1) is 5.92 Å². The molecule has 1 rings (SSSR count). The van der Waals surface area contributed by atoms with Crippen molar-refractivity contribution in [3.05, 3.63) is 42.0 Å². The van der Waals surface area contributed by atoms with E-state index in [9.17, 15) is 37.1 Å². The fraction of sp³-hybridized carbons (Fsp3) is 0.725. The minimum Gasteiger partial charge on any atom is -0.494 e. The third-order valence-electron chi connectivity index (χ3n) is 8.58. The molecule has 8 nitrogen and oxygen atoms in total. The molecule has 1 aromatic rings. The Hall–Kier alpha value is -3.15. The number of halogens is 4. The van der Waals surface area contributed by atoms with E-state index in [0.717, 1.165) is 45.6 Å². The first-order valence-electron chi connectivity index (χ1n) is 18.9. The molecule has 52 heavy (non-hydrogen) atoms. The highest BCUT2D eigenvalue weighted by atomic mass is 19.3. The molecular weight excluding hydrogens is 682 g/mol. The summed E-state index contributed by atoms with van der Waals surface area (Å²) in [6, 6.07) is 5.58. The Kier molecular flexibility index (Phi) is 21.8. The summed E-state index contributed by atoms with van der Waals surface area (Å²) in [5.74, 6) is -7.23. The van der Waals surface area contributed by atoms with Crippen LogP contribution >= 0.6 is 0 Å². The average Bonchev–Trinajstić information content (AvgIpc) is 3.06. The molecule has 2 N–H and O–H groups in total. The molecule has 0 fully saturated rings. The number of allylic oxidation sites excluding steroid dienone is 1. The van der Waals surface area contributed by atoms with Gasteiger partial charge in [0.05, 0.1) is 19.6 Å². The number of amides is 1. The largest absolute Gasteiger partial charge is 0.494 e. The molecule has 0 aliphatic rings. The molecule has 0 aliphatic carbocycles. The number of rotatable bonds is 27. The van der Waals surface area contributed by atoms with Crippen molar-refractivity contribution in [2.24, 2.45) is 5.92 Å². The van der Waals surface area contributed by atoms with Crippen LogP contribution in [0.25, 0.3) is 0 Å². The summed E-state index contributed by atoms with van der Waals surface area (Å²) in [6.07, 6.45) is 6.35. The van der Waals surface area contributed by atoms with E-state index < -0.39 is 59.8 Å². The highest BCUT2D eigenvalue weighted by Crippen LogP contribution is 2.32. The molecule has 0 aromatic heterocycles. The standard InChI is InChI=1S/C40H63F4NO7/c1-7-9-11-15-18-25-39(43,44)26-19-16-13-12-14-17-20-32(40(49,29-34(41)42)37(48)52-38(3,4)5)35(46)45-33(36(47)50-6)28-30-21-23-31(24-22-30)51-27-10-8-2/h17,20-24,32-34,49H,7-16,18-19,25-29H2,1-6H3,(H,45,46)/b20-17+/t32-,33+,40+/m1/s1. The van der Waals surface area contributed by atoms with Crippen LogP contribution in [0.15, 0.2) is 36.4 Å².